The molecule has 0 radical (unpaired) electrons. The minimum absolute atomic E-state index is 0.179. The van der Waals surface area contributed by atoms with Gasteiger partial charge in [-0.15, -0.1) is 6.58 Å². The largest absolute Gasteiger partial charge is 0.464 e. The number of ketones is 1. The lowest BCUT2D eigenvalue weighted by molar-refractivity contribution is 0.0980. The summed E-state index contributed by atoms with van der Waals surface area (Å²) < 4.78 is 5.38. The van der Waals surface area contributed by atoms with Gasteiger partial charge >= 0.3 is 0 Å². The molecule has 0 spiro atoms. The molecule has 0 amide bonds. The molecular weight excluding hydrogens is 224 g/mol. The van der Waals surface area contributed by atoms with Crippen molar-refractivity contribution >= 4 is 16.8 Å². The molecule has 2 rings (SSSR count). The summed E-state index contributed by atoms with van der Waals surface area (Å²) in [5.74, 6) is 0.179. The Morgan fingerprint density at radius 1 is 1.22 bits per heavy atom. The first-order valence-electron chi connectivity index (χ1n) is 6.43. The van der Waals surface area contributed by atoms with E-state index in [0.29, 0.717) is 12.0 Å². The van der Waals surface area contributed by atoms with Gasteiger partial charge in [-0.2, -0.15) is 0 Å². The summed E-state index contributed by atoms with van der Waals surface area (Å²) in [7, 11) is 0. The molecule has 0 saturated heterocycles. The van der Waals surface area contributed by atoms with Crippen LogP contribution in [0.4, 0.5) is 0 Å². The van der Waals surface area contributed by atoms with E-state index in [1.54, 1.807) is 6.26 Å². The van der Waals surface area contributed by atoms with Crippen LogP contribution in [0.5, 0.6) is 0 Å². The zero-order valence-electron chi connectivity index (χ0n) is 10.5. The number of rotatable bonds is 7. The van der Waals surface area contributed by atoms with Crippen LogP contribution in [0.3, 0.4) is 0 Å². The second-order valence-electron chi connectivity index (χ2n) is 4.46. The molecule has 0 aliphatic rings. The third-order valence-corrected chi connectivity index (χ3v) is 3.09. The van der Waals surface area contributed by atoms with Gasteiger partial charge in [0, 0.05) is 11.8 Å². The van der Waals surface area contributed by atoms with Gasteiger partial charge in [0.1, 0.15) is 11.8 Å². The normalized spacial score (nSPS) is 10.7. The zero-order chi connectivity index (χ0) is 12.8. The molecule has 0 aliphatic heterocycles. The predicted octanol–water partition coefficient (Wildman–Crippen LogP) is 4.75. The number of hydrogen-bond donors (Lipinski definition) is 0. The Morgan fingerprint density at radius 2 is 2.06 bits per heavy atom. The van der Waals surface area contributed by atoms with Crippen molar-refractivity contribution in [3.8, 4) is 0 Å². The fraction of sp³-hybridized carbons (Fsp3) is 0.312. The van der Waals surface area contributed by atoms with Crippen LogP contribution in [0.25, 0.3) is 11.0 Å². The number of para-hydroxylation sites is 1. The molecule has 2 nitrogen and oxygen atoms in total. The number of unbranched alkanes of at least 4 members (excludes halogenated alkanes) is 3. The molecule has 0 fully saturated rings. The highest BCUT2D eigenvalue weighted by Crippen LogP contribution is 2.22. The Balaban J connectivity index is 1.94. The smallest absolute Gasteiger partial charge is 0.166 e. The quantitative estimate of drug-likeness (QED) is 0.398. The highest BCUT2D eigenvalue weighted by Gasteiger charge is 2.12. The maximum absolute atomic E-state index is 12.1. The Hall–Kier alpha value is -1.83. The number of Topliss-reactive ketones (excluding diaryl/α,β-unsaturated/α-hetero) is 1. The van der Waals surface area contributed by atoms with E-state index in [1.807, 2.05) is 30.3 Å². The highest BCUT2D eigenvalue weighted by molar-refractivity contribution is 6.06. The molecule has 1 aromatic carbocycles. The molecule has 94 valence electrons. The lowest BCUT2D eigenvalue weighted by Crippen LogP contribution is -1.97. The Morgan fingerprint density at radius 3 is 2.89 bits per heavy atom. The average molecular weight is 242 g/mol. The summed E-state index contributed by atoms with van der Waals surface area (Å²) in [6, 6.07) is 7.66. The maximum Gasteiger partial charge on any atom is 0.166 e. The molecular formula is C16H18O2. The van der Waals surface area contributed by atoms with E-state index in [4.69, 9.17) is 4.42 Å². The Labute approximate surface area is 107 Å². The topological polar surface area (TPSA) is 30.2 Å². The number of fused-ring (bicyclic) bond motifs is 1. The molecule has 0 unspecified atom stereocenters. The molecule has 0 aliphatic carbocycles. The molecule has 0 N–H and O–H groups in total. The van der Waals surface area contributed by atoms with E-state index in [9.17, 15) is 4.79 Å². The third kappa shape index (κ3) is 2.89. The van der Waals surface area contributed by atoms with Crippen LogP contribution in [-0.2, 0) is 0 Å². The Bertz CT molecular complexity index is 537. The average Bonchev–Trinajstić information content (AvgIpc) is 2.82. The van der Waals surface area contributed by atoms with Crippen LogP contribution in [0.2, 0.25) is 0 Å². The Kier molecular flexibility index (Phi) is 4.35. The summed E-state index contributed by atoms with van der Waals surface area (Å²) in [6.45, 7) is 3.69. The van der Waals surface area contributed by atoms with Gasteiger partial charge < -0.3 is 4.42 Å². The number of benzene rings is 1. The van der Waals surface area contributed by atoms with Crippen LogP contribution < -0.4 is 0 Å². The second kappa shape index (κ2) is 6.20. The SMILES string of the molecule is C=CCCCCCC(=O)c1coc2ccccc12. The van der Waals surface area contributed by atoms with Crippen LogP contribution in [0.15, 0.2) is 47.6 Å². The van der Waals surface area contributed by atoms with Gasteiger partial charge in [-0.25, -0.2) is 0 Å². The van der Waals surface area contributed by atoms with Gasteiger partial charge in [-0.05, 0) is 25.3 Å². The lowest BCUT2D eigenvalue weighted by Gasteiger charge is -1.99. The van der Waals surface area contributed by atoms with Gasteiger partial charge in [0.2, 0.25) is 0 Å². The van der Waals surface area contributed by atoms with Crippen molar-refractivity contribution in [2.45, 2.75) is 32.1 Å². The zero-order valence-corrected chi connectivity index (χ0v) is 10.5. The first-order chi connectivity index (χ1) is 8.83. The monoisotopic (exact) mass is 242 g/mol. The molecule has 2 heteroatoms. The van der Waals surface area contributed by atoms with Gasteiger partial charge in [0.15, 0.2) is 5.78 Å². The minimum Gasteiger partial charge on any atom is -0.464 e. The van der Waals surface area contributed by atoms with Crippen LogP contribution in [0.1, 0.15) is 42.5 Å². The summed E-state index contributed by atoms with van der Waals surface area (Å²) in [6.07, 6.45) is 8.26. The van der Waals surface area contributed by atoms with Crippen LogP contribution in [0, 0.1) is 0 Å². The van der Waals surface area contributed by atoms with E-state index in [2.05, 4.69) is 6.58 Å². The van der Waals surface area contributed by atoms with Crippen molar-refractivity contribution < 1.29 is 9.21 Å². The molecule has 1 aromatic heterocycles. The number of allylic oxidation sites excluding steroid dienone is 1. The molecule has 18 heavy (non-hydrogen) atoms. The summed E-state index contributed by atoms with van der Waals surface area (Å²) in [4.78, 5) is 12.1. The van der Waals surface area contributed by atoms with E-state index in [0.717, 1.165) is 36.7 Å². The lowest BCUT2D eigenvalue weighted by atomic mass is 10.0. The van der Waals surface area contributed by atoms with E-state index in [-0.39, 0.29) is 5.78 Å². The van der Waals surface area contributed by atoms with Gasteiger partial charge in [-0.3, -0.25) is 4.79 Å². The molecule has 0 bridgehead atoms. The van der Waals surface area contributed by atoms with E-state index >= 15 is 0 Å². The third-order valence-electron chi connectivity index (χ3n) is 3.09. The number of furan rings is 1. The van der Waals surface area contributed by atoms with Gasteiger partial charge in [0.05, 0.1) is 5.56 Å². The summed E-state index contributed by atoms with van der Waals surface area (Å²) in [5.41, 5.74) is 1.50. The molecule has 1 heterocycles. The predicted molar refractivity (Wildman–Crippen MR) is 73.8 cm³/mol. The minimum atomic E-state index is 0.179. The van der Waals surface area contributed by atoms with Crippen LogP contribution in [-0.4, -0.2) is 5.78 Å². The molecule has 0 atom stereocenters. The fourth-order valence-electron chi connectivity index (χ4n) is 2.08. The van der Waals surface area contributed by atoms with Gasteiger partial charge in [-0.1, -0.05) is 30.7 Å². The first kappa shape index (κ1) is 12.6. The van der Waals surface area contributed by atoms with Gasteiger partial charge in [0.25, 0.3) is 0 Å². The van der Waals surface area contributed by atoms with E-state index in [1.165, 1.54) is 0 Å². The first-order valence-corrected chi connectivity index (χ1v) is 6.43. The maximum atomic E-state index is 12.1. The molecule has 2 aromatic rings. The fourth-order valence-corrected chi connectivity index (χ4v) is 2.08. The molecule has 0 saturated carbocycles. The van der Waals surface area contributed by atoms with Crippen molar-refractivity contribution in [1.82, 2.24) is 0 Å². The van der Waals surface area contributed by atoms with Crippen LogP contribution >= 0.6 is 0 Å². The van der Waals surface area contributed by atoms with Crippen molar-refractivity contribution in [2.75, 3.05) is 0 Å². The standard InChI is InChI=1S/C16H18O2/c1-2-3-4-5-6-10-15(17)14-12-18-16-11-8-7-9-13(14)16/h2,7-9,11-12H,1,3-6,10H2. The van der Waals surface area contributed by atoms with Crippen molar-refractivity contribution in [2.24, 2.45) is 0 Å². The number of carbonyl (C=O) groups is 1. The second-order valence-corrected chi connectivity index (χ2v) is 4.46. The van der Waals surface area contributed by atoms with Crippen molar-refractivity contribution in [3.63, 3.8) is 0 Å². The summed E-state index contributed by atoms with van der Waals surface area (Å²) in [5, 5.41) is 0.925. The van der Waals surface area contributed by atoms with Crippen molar-refractivity contribution in [3.05, 3.63) is 48.7 Å². The number of carbonyl (C=O) groups excluding carboxylic acids is 1. The van der Waals surface area contributed by atoms with E-state index < -0.39 is 0 Å². The number of hydrogen-bond acceptors (Lipinski definition) is 2. The van der Waals surface area contributed by atoms with Crippen molar-refractivity contribution in [1.29, 1.82) is 0 Å². The summed E-state index contributed by atoms with van der Waals surface area (Å²) >= 11 is 0. The highest BCUT2D eigenvalue weighted by atomic mass is 16.3.